The maximum absolute atomic E-state index is 5.49. The largest absolute Gasteiger partial charge is 0.381 e. The monoisotopic (exact) mass is 166 g/mol. The van der Waals surface area contributed by atoms with Crippen molar-refractivity contribution in [1.82, 2.24) is 5.16 Å². The Labute approximate surface area is 71.9 Å². The molecule has 0 atom stereocenters. The van der Waals surface area contributed by atoms with E-state index < -0.39 is 0 Å². The Hall–Kier alpha value is -0.990. The second kappa shape index (κ2) is 2.51. The number of hydrogen-bond donors (Lipinski definition) is 1. The summed E-state index contributed by atoms with van der Waals surface area (Å²) in [5.41, 5.74) is 5.80. The molecule has 1 fully saturated rings. The van der Waals surface area contributed by atoms with E-state index in [1.165, 1.54) is 25.7 Å². The van der Waals surface area contributed by atoms with Crippen LogP contribution in [0.2, 0.25) is 0 Å². The van der Waals surface area contributed by atoms with Crippen molar-refractivity contribution in [3.8, 4) is 0 Å². The van der Waals surface area contributed by atoms with Gasteiger partial charge < -0.3 is 10.3 Å². The average molecular weight is 166 g/mol. The van der Waals surface area contributed by atoms with Crippen LogP contribution in [0.1, 0.15) is 38.4 Å². The number of anilines is 1. The number of nitrogens with zero attached hydrogens (tertiary/aromatic N) is 1. The molecule has 0 saturated heterocycles. The van der Waals surface area contributed by atoms with Gasteiger partial charge in [0.2, 0.25) is 0 Å². The molecule has 0 unspecified atom stereocenters. The Balaban J connectivity index is 2.18. The first kappa shape index (κ1) is 7.65. The van der Waals surface area contributed by atoms with Crippen LogP contribution in [0.4, 0.5) is 5.82 Å². The molecule has 66 valence electrons. The molecule has 0 aliphatic heterocycles. The zero-order valence-electron chi connectivity index (χ0n) is 7.34. The lowest BCUT2D eigenvalue weighted by atomic mass is 9.98. The lowest BCUT2D eigenvalue weighted by Crippen LogP contribution is -2.03. The minimum Gasteiger partial charge on any atom is -0.381 e. The highest BCUT2D eigenvalue weighted by molar-refractivity contribution is 5.33. The fourth-order valence-corrected chi connectivity index (χ4v) is 1.79. The molecule has 1 aliphatic carbocycles. The Bertz CT molecular complexity index is 276. The number of nitrogens with two attached hydrogens (primary N) is 1. The van der Waals surface area contributed by atoms with E-state index in [-0.39, 0.29) is 0 Å². The molecule has 0 aromatic carbocycles. The Morgan fingerprint density at radius 3 is 2.83 bits per heavy atom. The van der Waals surface area contributed by atoms with Gasteiger partial charge >= 0.3 is 0 Å². The van der Waals surface area contributed by atoms with Gasteiger partial charge in [-0.15, -0.1) is 0 Å². The highest BCUT2D eigenvalue weighted by Gasteiger charge is 2.46. The van der Waals surface area contributed by atoms with Crippen LogP contribution in [0.25, 0.3) is 0 Å². The van der Waals surface area contributed by atoms with E-state index in [1.807, 2.05) is 6.07 Å². The van der Waals surface area contributed by atoms with E-state index in [0.29, 0.717) is 11.2 Å². The third-order valence-corrected chi connectivity index (χ3v) is 2.63. The highest BCUT2D eigenvalue weighted by Crippen LogP contribution is 2.51. The van der Waals surface area contributed by atoms with Gasteiger partial charge in [0.05, 0.1) is 0 Å². The van der Waals surface area contributed by atoms with Crippen molar-refractivity contribution in [3.05, 3.63) is 11.8 Å². The SMILES string of the molecule is CCCC1(c2cc(N)no2)CC1. The van der Waals surface area contributed by atoms with Crippen LogP contribution in [0.15, 0.2) is 10.6 Å². The zero-order chi connectivity index (χ0) is 8.60. The van der Waals surface area contributed by atoms with Gasteiger partial charge in [-0.25, -0.2) is 0 Å². The van der Waals surface area contributed by atoms with E-state index in [0.717, 1.165) is 5.76 Å². The van der Waals surface area contributed by atoms with Crippen molar-refractivity contribution in [1.29, 1.82) is 0 Å². The minimum absolute atomic E-state index is 0.305. The second-order valence-corrected chi connectivity index (χ2v) is 3.65. The topological polar surface area (TPSA) is 52.0 Å². The van der Waals surface area contributed by atoms with Crippen LogP contribution >= 0.6 is 0 Å². The summed E-state index contributed by atoms with van der Waals surface area (Å²) in [6.07, 6.45) is 4.85. The standard InChI is InChI=1S/C9H14N2O/c1-2-3-9(4-5-9)7-6-8(10)11-12-7/h6H,2-5H2,1H3,(H2,10,11). The summed E-state index contributed by atoms with van der Waals surface area (Å²) in [6, 6.07) is 1.86. The van der Waals surface area contributed by atoms with E-state index in [1.54, 1.807) is 0 Å². The second-order valence-electron chi connectivity index (χ2n) is 3.65. The van der Waals surface area contributed by atoms with Gasteiger partial charge in [0.15, 0.2) is 5.82 Å². The first-order valence-corrected chi connectivity index (χ1v) is 4.49. The normalized spacial score (nSPS) is 19.4. The summed E-state index contributed by atoms with van der Waals surface area (Å²) >= 11 is 0. The van der Waals surface area contributed by atoms with Gasteiger partial charge in [0.25, 0.3) is 0 Å². The maximum Gasteiger partial charge on any atom is 0.167 e. The predicted molar refractivity (Wildman–Crippen MR) is 46.7 cm³/mol. The van der Waals surface area contributed by atoms with Gasteiger partial charge in [0.1, 0.15) is 5.76 Å². The van der Waals surface area contributed by atoms with E-state index in [2.05, 4.69) is 12.1 Å². The molecule has 0 bridgehead atoms. The summed E-state index contributed by atoms with van der Waals surface area (Å²) in [5.74, 6) is 1.49. The summed E-state index contributed by atoms with van der Waals surface area (Å²) in [7, 11) is 0. The van der Waals surface area contributed by atoms with Gasteiger partial charge in [-0.3, -0.25) is 0 Å². The predicted octanol–water partition coefficient (Wildman–Crippen LogP) is 2.09. The lowest BCUT2D eigenvalue weighted by molar-refractivity contribution is 0.345. The van der Waals surface area contributed by atoms with Crippen LogP contribution in [-0.2, 0) is 5.41 Å². The molecule has 1 saturated carbocycles. The third-order valence-electron chi connectivity index (χ3n) is 2.63. The quantitative estimate of drug-likeness (QED) is 0.748. The van der Waals surface area contributed by atoms with Crippen molar-refractivity contribution in [2.45, 2.75) is 38.0 Å². The molecule has 0 amide bonds. The molecule has 0 radical (unpaired) electrons. The summed E-state index contributed by atoms with van der Waals surface area (Å²) in [6.45, 7) is 2.19. The first-order valence-electron chi connectivity index (χ1n) is 4.49. The molecule has 2 N–H and O–H groups in total. The van der Waals surface area contributed by atoms with Crippen LogP contribution in [0.5, 0.6) is 0 Å². The van der Waals surface area contributed by atoms with E-state index in [4.69, 9.17) is 10.3 Å². The van der Waals surface area contributed by atoms with E-state index >= 15 is 0 Å². The molecule has 1 aromatic heterocycles. The Kier molecular flexibility index (Phi) is 1.60. The van der Waals surface area contributed by atoms with Crippen LogP contribution in [-0.4, -0.2) is 5.16 Å². The average Bonchev–Trinajstić information content (AvgIpc) is 2.69. The molecule has 1 aliphatic rings. The van der Waals surface area contributed by atoms with Crippen LogP contribution in [0, 0.1) is 0 Å². The van der Waals surface area contributed by atoms with Crippen LogP contribution < -0.4 is 5.73 Å². The molecule has 3 heteroatoms. The molecule has 0 spiro atoms. The molecule has 3 nitrogen and oxygen atoms in total. The van der Waals surface area contributed by atoms with Crippen molar-refractivity contribution in [3.63, 3.8) is 0 Å². The van der Waals surface area contributed by atoms with Gasteiger partial charge in [-0.05, 0) is 19.3 Å². The highest BCUT2D eigenvalue weighted by atomic mass is 16.5. The fourth-order valence-electron chi connectivity index (χ4n) is 1.79. The van der Waals surface area contributed by atoms with Crippen molar-refractivity contribution in [2.75, 3.05) is 5.73 Å². The summed E-state index contributed by atoms with van der Waals surface area (Å²) in [5, 5.41) is 3.71. The molecule has 1 heterocycles. The molecule has 1 aromatic rings. The molecular weight excluding hydrogens is 152 g/mol. The minimum atomic E-state index is 0.305. The van der Waals surface area contributed by atoms with Crippen molar-refractivity contribution >= 4 is 5.82 Å². The molecule has 12 heavy (non-hydrogen) atoms. The zero-order valence-corrected chi connectivity index (χ0v) is 7.34. The fraction of sp³-hybridized carbons (Fsp3) is 0.667. The number of aromatic nitrogens is 1. The number of hydrogen-bond acceptors (Lipinski definition) is 3. The maximum atomic E-state index is 5.49. The molecular formula is C9H14N2O. The number of nitrogen functional groups attached to an aromatic ring is 1. The lowest BCUT2D eigenvalue weighted by Gasteiger charge is -2.07. The summed E-state index contributed by atoms with van der Waals surface area (Å²) in [4.78, 5) is 0. The van der Waals surface area contributed by atoms with Gasteiger partial charge in [-0.1, -0.05) is 18.5 Å². The van der Waals surface area contributed by atoms with Crippen LogP contribution in [0.3, 0.4) is 0 Å². The van der Waals surface area contributed by atoms with Crippen molar-refractivity contribution in [2.24, 2.45) is 0 Å². The smallest absolute Gasteiger partial charge is 0.167 e. The Morgan fingerprint density at radius 1 is 1.67 bits per heavy atom. The first-order chi connectivity index (χ1) is 5.77. The summed E-state index contributed by atoms with van der Waals surface area (Å²) < 4.78 is 5.17. The third kappa shape index (κ3) is 1.09. The van der Waals surface area contributed by atoms with Gasteiger partial charge in [-0.2, -0.15) is 0 Å². The molecule has 2 rings (SSSR count). The van der Waals surface area contributed by atoms with Gasteiger partial charge in [0, 0.05) is 11.5 Å². The number of rotatable bonds is 3. The van der Waals surface area contributed by atoms with E-state index in [9.17, 15) is 0 Å². The van der Waals surface area contributed by atoms with Crippen molar-refractivity contribution < 1.29 is 4.52 Å². The Morgan fingerprint density at radius 2 is 2.42 bits per heavy atom.